The Bertz CT molecular complexity index is 243. The Morgan fingerprint density at radius 3 is 2.38 bits per heavy atom. The Hall–Kier alpha value is -1.04. The Labute approximate surface area is 99.2 Å². The van der Waals surface area contributed by atoms with Crippen molar-refractivity contribution in [2.45, 2.75) is 59.4 Å². The van der Waals surface area contributed by atoms with Crippen LogP contribution >= 0.6 is 0 Å². The number of hydrogen-bond donors (Lipinski definition) is 1. The van der Waals surface area contributed by atoms with Gasteiger partial charge in [-0.3, -0.25) is 4.79 Å². The molecule has 1 N–H and O–H groups in total. The minimum Gasteiger partial charge on any atom is -0.340 e. The summed E-state index contributed by atoms with van der Waals surface area (Å²) in [4.78, 5) is 11.9. The molecule has 0 saturated carbocycles. The Morgan fingerprint density at radius 2 is 2.00 bits per heavy atom. The molecule has 0 heterocycles. The van der Waals surface area contributed by atoms with Crippen LogP contribution in [-0.2, 0) is 4.79 Å². The van der Waals surface area contributed by atoms with Crippen LogP contribution in [0.2, 0.25) is 0 Å². The number of unbranched alkanes of at least 4 members (excludes halogenated alkanes) is 1. The third-order valence-electron chi connectivity index (χ3n) is 2.87. The molecule has 3 nitrogen and oxygen atoms in total. The first-order valence-electron chi connectivity index (χ1n) is 6.26. The summed E-state index contributed by atoms with van der Waals surface area (Å²) in [5, 5.41) is 11.7. The summed E-state index contributed by atoms with van der Waals surface area (Å²) in [5.74, 6) is 0.267. The van der Waals surface area contributed by atoms with E-state index in [4.69, 9.17) is 5.26 Å². The molecule has 0 aromatic heterocycles. The van der Waals surface area contributed by atoms with E-state index in [0.29, 0.717) is 0 Å². The van der Waals surface area contributed by atoms with Crippen LogP contribution in [0, 0.1) is 23.2 Å². The van der Waals surface area contributed by atoms with Crippen molar-refractivity contribution < 1.29 is 4.79 Å². The quantitative estimate of drug-likeness (QED) is 0.723. The number of nitrogens with one attached hydrogen (secondary N) is 1. The van der Waals surface area contributed by atoms with Crippen LogP contribution in [0.1, 0.15) is 53.4 Å². The van der Waals surface area contributed by atoms with Gasteiger partial charge in [-0.1, -0.05) is 40.5 Å². The van der Waals surface area contributed by atoms with E-state index >= 15 is 0 Å². The number of hydrogen-bond acceptors (Lipinski definition) is 2. The first kappa shape index (κ1) is 15.0. The zero-order chi connectivity index (χ0) is 12.6. The molecule has 1 amide bonds. The summed E-state index contributed by atoms with van der Waals surface area (Å²) in [6.07, 6.45) is 3.96. The lowest BCUT2D eigenvalue weighted by Gasteiger charge is -2.19. The number of carbonyl (C=O) groups excluding carboxylic acids is 1. The summed E-state index contributed by atoms with van der Waals surface area (Å²) >= 11 is 0. The molecule has 2 unspecified atom stereocenters. The average Bonchev–Trinajstić information content (AvgIpc) is 2.26. The Balaban J connectivity index is 4.25. The summed E-state index contributed by atoms with van der Waals surface area (Å²) < 4.78 is 0. The highest BCUT2D eigenvalue weighted by Crippen LogP contribution is 2.13. The van der Waals surface area contributed by atoms with Crippen LogP contribution in [0.25, 0.3) is 0 Å². The lowest BCUT2D eigenvalue weighted by Crippen LogP contribution is -2.40. The Kier molecular flexibility index (Phi) is 7.62. The minimum atomic E-state index is -0.358. The van der Waals surface area contributed by atoms with Gasteiger partial charge < -0.3 is 5.32 Å². The molecule has 2 atom stereocenters. The highest BCUT2D eigenvalue weighted by Gasteiger charge is 2.20. The number of rotatable bonds is 7. The van der Waals surface area contributed by atoms with Gasteiger partial charge in [0.05, 0.1) is 6.07 Å². The summed E-state index contributed by atoms with van der Waals surface area (Å²) in [5.41, 5.74) is 0. The van der Waals surface area contributed by atoms with Crippen LogP contribution in [0.3, 0.4) is 0 Å². The molecule has 0 fully saturated rings. The molecule has 0 radical (unpaired) electrons. The molecule has 0 rings (SSSR count). The molecule has 0 aliphatic rings. The van der Waals surface area contributed by atoms with Gasteiger partial charge in [0.25, 0.3) is 0 Å². The minimum absolute atomic E-state index is 0.0381. The van der Waals surface area contributed by atoms with Crippen molar-refractivity contribution in [2.75, 3.05) is 0 Å². The molecule has 0 aromatic rings. The summed E-state index contributed by atoms with van der Waals surface area (Å²) in [6.45, 7) is 8.04. The molecule has 0 saturated heterocycles. The first-order chi connectivity index (χ1) is 7.56. The average molecular weight is 224 g/mol. The highest BCUT2D eigenvalue weighted by molar-refractivity contribution is 5.79. The van der Waals surface area contributed by atoms with Crippen molar-refractivity contribution in [1.82, 2.24) is 5.32 Å². The third-order valence-corrected chi connectivity index (χ3v) is 2.87. The van der Waals surface area contributed by atoms with E-state index in [0.717, 1.165) is 25.7 Å². The van der Waals surface area contributed by atoms with E-state index in [9.17, 15) is 4.79 Å². The van der Waals surface area contributed by atoms with Crippen molar-refractivity contribution in [1.29, 1.82) is 5.26 Å². The van der Waals surface area contributed by atoms with Crippen LogP contribution in [-0.4, -0.2) is 11.9 Å². The predicted molar refractivity (Wildman–Crippen MR) is 65.7 cm³/mol. The molecular formula is C13H24N2O. The number of carbonyl (C=O) groups is 1. The van der Waals surface area contributed by atoms with Crippen molar-refractivity contribution in [2.24, 2.45) is 11.8 Å². The van der Waals surface area contributed by atoms with Gasteiger partial charge in [-0.2, -0.15) is 5.26 Å². The lowest BCUT2D eigenvalue weighted by molar-refractivity contribution is -0.126. The second kappa shape index (κ2) is 8.15. The van der Waals surface area contributed by atoms with E-state index in [2.05, 4.69) is 18.3 Å². The molecule has 0 bridgehead atoms. The zero-order valence-corrected chi connectivity index (χ0v) is 10.9. The zero-order valence-electron chi connectivity index (χ0n) is 10.9. The number of amides is 1. The van der Waals surface area contributed by atoms with Crippen LogP contribution in [0.15, 0.2) is 0 Å². The number of nitriles is 1. The third kappa shape index (κ3) is 5.16. The molecule has 3 heteroatoms. The van der Waals surface area contributed by atoms with E-state index in [-0.39, 0.29) is 23.8 Å². The van der Waals surface area contributed by atoms with E-state index < -0.39 is 0 Å². The normalized spacial score (nSPS) is 14.2. The van der Waals surface area contributed by atoms with Gasteiger partial charge in [0.15, 0.2) is 0 Å². The van der Waals surface area contributed by atoms with E-state index in [1.807, 2.05) is 20.8 Å². The standard InChI is InChI=1S/C13H24N2O/c1-5-7-8-11(6-2)13(16)15-12(9-14)10(3)4/h10-12H,5-8H2,1-4H3,(H,15,16). The maximum absolute atomic E-state index is 11.9. The fraction of sp³-hybridized carbons (Fsp3) is 0.846. The molecule has 0 aliphatic carbocycles. The summed E-state index contributed by atoms with van der Waals surface area (Å²) in [7, 11) is 0. The van der Waals surface area contributed by atoms with Gasteiger partial charge in [0.2, 0.25) is 5.91 Å². The van der Waals surface area contributed by atoms with Crippen molar-refractivity contribution in [3.63, 3.8) is 0 Å². The van der Waals surface area contributed by atoms with Crippen molar-refractivity contribution >= 4 is 5.91 Å². The SMILES string of the molecule is CCCCC(CC)C(=O)NC(C#N)C(C)C. The fourth-order valence-electron chi connectivity index (χ4n) is 1.59. The van der Waals surface area contributed by atoms with Gasteiger partial charge in [-0.15, -0.1) is 0 Å². The highest BCUT2D eigenvalue weighted by atomic mass is 16.1. The fourth-order valence-corrected chi connectivity index (χ4v) is 1.59. The predicted octanol–water partition coefficient (Wildman–Crippen LogP) is 2.87. The molecule has 92 valence electrons. The van der Waals surface area contributed by atoms with Crippen LogP contribution < -0.4 is 5.32 Å². The van der Waals surface area contributed by atoms with Crippen molar-refractivity contribution in [3.05, 3.63) is 0 Å². The smallest absolute Gasteiger partial charge is 0.224 e. The van der Waals surface area contributed by atoms with Gasteiger partial charge in [0.1, 0.15) is 6.04 Å². The molecule has 0 spiro atoms. The topological polar surface area (TPSA) is 52.9 Å². The molecule has 0 aromatic carbocycles. The second-order valence-corrected chi connectivity index (χ2v) is 4.61. The monoisotopic (exact) mass is 224 g/mol. The van der Waals surface area contributed by atoms with Crippen molar-refractivity contribution in [3.8, 4) is 6.07 Å². The largest absolute Gasteiger partial charge is 0.340 e. The maximum Gasteiger partial charge on any atom is 0.224 e. The first-order valence-corrected chi connectivity index (χ1v) is 6.26. The van der Waals surface area contributed by atoms with E-state index in [1.54, 1.807) is 0 Å². The number of nitrogens with zero attached hydrogens (tertiary/aromatic N) is 1. The Morgan fingerprint density at radius 1 is 1.38 bits per heavy atom. The van der Waals surface area contributed by atoms with Crippen LogP contribution in [0.4, 0.5) is 0 Å². The molecule has 16 heavy (non-hydrogen) atoms. The lowest BCUT2D eigenvalue weighted by atomic mass is 9.97. The van der Waals surface area contributed by atoms with Gasteiger partial charge in [-0.05, 0) is 18.8 Å². The summed E-state index contributed by atoms with van der Waals surface area (Å²) in [6, 6.07) is 1.78. The molecular weight excluding hydrogens is 200 g/mol. The van der Waals surface area contributed by atoms with Crippen LogP contribution in [0.5, 0.6) is 0 Å². The van der Waals surface area contributed by atoms with E-state index in [1.165, 1.54) is 0 Å². The van der Waals surface area contributed by atoms with Gasteiger partial charge in [0, 0.05) is 5.92 Å². The van der Waals surface area contributed by atoms with Gasteiger partial charge in [-0.25, -0.2) is 0 Å². The second-order valence-electron chi connectivity index (χ2n) is 4.61. The maximum atomic E-state index is 11.9. The molecule has 0 aliphatic heterocycles. The van der Waals surface area contributed by atoms with Gasteiger partial charge >= 0.3 is 0 Å².